The van der Waals surface area contributed by atoms with Crippen LogP contribution in [0.1, 0.15) is 11.1 Å². The van der Waals surface area contributed by atoms with Crippen molar-refractivity contribution in [3.8, 4) is 23.0 Å². The molecule has 0 saturated carbocycles. The Bertz CT molecular complexity index is 963. The van der Waals surface area contributed by atoms with Crippen LogP contribution in [0.5, 0.6) is 0 Å². The Hall–Kier alpha value is -3.39. The lowest BCUT2D eigenvalue weighted by Gasteiger charge is -2.11. The fourth-order valence-electron chi connectivity index (χ4n) is 2.40. The molecular weight excluding hydrogens is 288 g/mol. The molecule has 5 nitrogen and oxygen atoms in total. The van der Waals surface area contributed by atoms with E-state index in [4.69, 9.17) is 5.73 Å². The predicted molar refractivity (Wildman–Crippen MR) is 89.1 cm³/mol. The van der Waals surface area contributed by atoms with E-state index in [1.165, 1.54) is 12.1 Å². The van der Waals surface area contributed by atoms with Crippen LogP contribution in [0.25, 0.3) is 16.9 Å². The molecule has 0 fully saturated rings. The molecule has 2 N–H and O–H groups in total. The fraction of sp³-hybridized carbons (Fsp3) is 0.0556. The van der Waals surface area contributed by atoms with Gasteiger partial charge in [0, 0.05) is 42.0 Å². The largest absolute Gasteiger partial charge is 0.399 e. The van der Waals surface area contributed by atoms with Crippen molar-refractivity contribution in [2.24, 2.45) is 0 Å². The van der Waals surface area contributed by atoms with Crippen LogP contribution < -0.4 is 11.2 Å². The number of hydrogen-bond acceptors (Lipinski definition) is 4. The van der Waals surface area contributed by atoms with Crippen LogP contribution in [-0.2, 0) is 0 Å². The zero-order valence-corrected chi connectivity index (χ0v) is 12.5. The van der Waals surface area contributed by atoms with Gasteiger partial charge in [0.1, 0.15) is 6.07 Å². The molecule has 0 atom stereocenters. The Morgan fingerprint density at radius 3 is 2.61 bits per heavy atom. The molecule has 112 valence electrons. The quantitative estimate of drug-likeness (QED) is 0.737. The van der Waals surface area contributed by atoms with E-state index in [2.05, 4.69) is 11.1 Å². The number of pyridine rings is 2. The number of hydrogen-bond donors (Lipinski definition) is 1. The number of nitriles is 1. The summed E-state index contributed by atoms with van der Waals surface area (Å²) >= 11 is 0. The number of aromatic nitrogens is 2. The molecule has 23 heavy (non-hydrogen) atoms. The monoisotopic (exact) mass is 302 g/mol. The smallest absolute Gasteiger partial charge is 0.181 e. The third-order valence-electron chi connectivity index (χ3n) is 3.60. The summed E-state index contributed by atoms with van der Waals surface area (Å²) < 4.78 is 1.65. The van der Waals surface area contributed by atoms with Gasteiger partial charge in [-0.1, -0.05) is 6.07 Å². The van der Waals surface area contributed by atoms with Gasteiger partial charge < -0.3 is 10.3 Å². The van der Waals surface area contributed by atoms with Crippen LogP contribution >= 0.6 is 0 Å². The molecule has 0 saturated heterocycles. The van der Waals surface area contributed by atoms with Crippen LogP contribution in [-0.4, -0.2) is 9.55 Å². The normalized spacial score (nSPS) is 10.3. The van der Waals surface area contributed by atoms with Gasteiger partial charge in [0.05, 0.1) is 5.56 Å². The van der Waals surface area contributed by atoms with E-state index >= 15 is 0 Å². The first-order valence-corrected chi connectivity index (χ1v) is 7.04. The zero-order valence-electron chi connectivity index (χ0n) is 12.5. The summed E-state index contributed by atoms with van der Waals surface area (Å²) in [4.78, 5) is 15.6. The summed E-state index contributed by atoms with van der Waals surface area (Å²) in [5, 5.41) is 9.44. The molecule has 0 unspecified atom stereocenters. The molecule has 0 amide bonds. The summed E-state index contributed by atoms with van der Waals surface area (Å²) in [6.45, 7) is 1.98. The first-order chi connectivity index (χ1) is 11.1. The Balaban J connectivity index is 2.14. The number of anilines is 1. The van der Waals surface area contributed by atoms with E-state index in [1.807, 2.05) is 25.1 Å². The first kappa shape index (κ1) is 14.5. The Labute approximate surface area is 133 Å². The van der Waals surface area contributed by atoms with E-state index in [9.17, 15) is 10.1 Å². The molecule has 2 aromatic heterocycles. The van der Waals surface area contributed by atoms with Gasteiger partial charge in [-0.15, -0.1) is 0 Å². The van der Waals surface area contributed by atoms with Crippen LogP contribution in [0.3, 0.4) is 0 Å². The second-order valence-corrected chi connectivity index (χ2v) is 5.22. The topological polar surface area (TPSA) is 84.7 Å². The molecule has 0 aliphatic heterocycles. The highest BCUT2D eigenvalue weighted by molar-refractivity contribution is 5.72. The molecule has 0 spiro atoms. The van der Waals surface area contributed by atoms with E-state index in [0.717, 1.165) is 16.7 Å². The summed E-state index contributed by atoms with van der Waals surface area (Å²) in [5.74, 6) is 0.484. The van der Waals surface area contributed by atoms with Gasteiger partial charge >= 0.3 is 0 Å². The summed E-state index contributed by atoms with van der Waals surface area (Å²) in [5.41, 5.74) is 9.68. The fourth-order valence-corrected chi connectivity index (χ4v) is 2.40. The lowest BCUT2D eigenvalue weighted by molar-refractivity contribution is 0.973. The third-order valence-corrected chi connectivity index (χ3v) is 3.60. The maximum atomic E-state index is 11.2. The van der Waals surface area contributed by atoms with Crippen LogP contribution in [0.2, 0.25) is 0 Å². The van der Waals surface area contributed by atoms with Gasteiger partial charge in [-0.3, -0.25) is 4.79 Å². The highest BCUT2D eigenvalue weighted by Crippen LogP contribution is 2.27. The van der Waals surface area contributed by atoms with Gasteiger partial charge in [0.25, 0.3) is 0 Å². The van der Waals surface area contributed by atoms with Crippen molar-refractivity contribution >= 4 is 5.69 Å². The summed E-state index contributed by atoms with van der Waals surface area (Å²) in [6.07, 6.45) is 4.89. The minimum absolute atomic E-state index is 0.0910. The van der Waals surface area contributed by atoms with Crippen molar-refractivity contribution < 1.29 is 0 Å². The molecule has 0 aliphatic rings. The average molecular weight is 302 g/mol. The lowest BCUT2D eigenvalue weighted by Crippen LogP contribution is -2.05. The second-order valence-electron chi connectivity index (χ2n) is 5.22. The Morgan fingerprint density at radius 2 is 1.91 bits per heavy atom. The van der Waals surface area contributed by atoms with Gasteiger partial charge in [0.15, 0.2) is 11.2 Å². The highest BCUT2D eigenvalue weighted by Gasteiger charge is 2.10. The van der Waals surface area contributed by atoms with Gasteiger partial charge in [-0.25, -0.2) is 4.98 Å². The molecule has 5 heteroatoms. The average Bonchev–Trinajstić information content (AvgIpc) is 2.57. The Morgan fingerprint density at radius 1 is 1.17 bits per heavy atom. The van der Waals surface area contributed by atoms with Crippen molar-refractivity contribution in [1.29, 1.82) is 5.26 Å². The number of rotatable bonds is 2. The van der Waals surface area contributed by atoms with Crippen LogP contribution in [0, 0.1) is 18.3 Å². The maximum absolute atomic E-state index is 11.2. The highest BCUT2D eigenvalue weighted by atomic mass is 16.1. The number of aryl methyl sites for hydroxylation is 1. The molecule has 0 aliphatic carbocycles. The first-order valence-electron chi connectivity index (χ1n) is 7.04. The minimum atomic E-state index is -0.0910. The summed E-state index contributed by atoms with van der Waals surface area (Å²) in [6, 6.07) is 12.4. The Kier molecular flexibility index (Phi) is 3.65. The lowest BCUT2D eigenvalue weighted by atomic mass is 10.00. The van der Waals surface area contributed by atoms with Gasteiger partial charge in [-0.05, 0) is 36.2 Å². The van der Waals surface area contributed by atoms with Crippen molar-refractivity contribution in [2.75, 3.05) is 5.73 Å². The van der Waals surface area contributed by atoms with Crippen molar-refractivity contribution in [1.82, 2.24) is 9.55 Å². The van der Waals surface area contributed by atoms with Crippen molar-refractivity contribution in [3.05, 3.63) is 76.3 Å². The van der Waals surface area contributed by atoms with E-state index < -0.39 is 0 Å². The maximum Gasteiger partial charge on any atom is 0.181 e. The standard InChI is InChI=1S/C18H14N4O/c1-12-2-3-15(20)9-17(12)14-8-13(10-19)18(21-11-14)22-6-4-16(23)5-7-22/h2-9,11H,20H2,1H3. The molecule has 0 radical (unpaired) electrons. The second kappa shape index (κ2) is 5.78. The van der Waals surface area contributed by atoms with E-state index in [-0.39, 0.29) is 5.43 Å². The van der Waals surface area contributed by atoms with Gasteiger partial charge in [0.2, 0.25) is 0 Å². The SMILES string of the molecule is Cc1ccc(N)cc1-c1cnc(-n2ccc(=O)cc2)c(C#N)c1. The van der Waals surface area contributed by atoms with Crippen molar-refractivity contribution in [3.63, 3.8) is 0 Å². The third kappa shape index (κ3) is 2.83. The molecule has 3 aromatic rings. The molecule has 3 rings (SSSR count). The number of benzene rings is 1. The van der Waals surface area contributed by atoms with E-state index in [1.54, 1.807) is 29.2 Å². The van der Waals surface area contributed by atoms with Crippen LogP contribution in [0.4, 0.5) is 5.69 Å². The van der Waals surface area contributed by atoms with Crippen LogP contribution in [0.15, 0.2) is 59.8 Å². The van der Waals surface area contributed by atoms with E-state index in [0.29, 0.717) is 17.1 Å². The van der Waals surface area contributed by atoms with Crippen molar-refractivity contribution in [2.45, 2.75) is 6.92 Å². The molecule has 0 bridgehead atoms. The molecular formula is C18H14N4O. The minimum Gasteiger partial charge on any atom is -0.399 e. The molecule has 1 aromatic carbocycles. The predicted octanol–water partition coefficient (Wildman–Crippen LogP) is 2.66. The number of nitrogens with two attached hydrogens (primary N) is 1. The number of nitrogens with zero attached hydrogens (tertiary/aromatic N) is 3. The molecule has 2 heterocycles. The van der Waals surface area contributed by atoms with Gasteiger partial charge in [-0.2, -0.15) is 5.26 Å². The number of nitrogen functional groups attached to an aromatic ring is 1. The summed E-state index contributed by atoms with van der Waals surface area (Å²) in [7, 11) is 0. The zero-order chi connectivity index (χ0) is 16.4.